The van der Waals surface area contributed by atoms with E-state index in [2.05, 4.69) is 10.6 Å². The van der Waals surface area contributed by atoms with Gasteiger partial charge in [0.2, 0.25) is 0 Å². The van der Waals surface area contributed by atoms with Gasteiger partial charge in [0.15, 0.2) is 0 Å². The number of halogens is 1. The van der Waals surface area contributed by atoms with Crippen molar-refractivity contribution in [2.24, 2.45) is 0 Å². The lowest BCUT2D eigenvalue weighted by Crippen LogP contribution is -2.43. The minimum atomic E-state index is -1.14. The van der Waals surface area contributed by atoms with Crippen LogP contribution in [0.2, 0.25) is 5.02 Å². The molecule has 1 aromatic carbocycles. The molecular weight excluding hydrogens is 296 g/mol. The molecule has 1 aliphatic rings. The lowest BCUT2D eigenvalue weighted by atomic mass is 10.0. The van der Waals surface area contributed by atoms with Crippen LogP contribution in [0, 0.1) is 0 Å². The van der Waals surface area contributed by atoms with E-state index in [9.17, 15) is 9.59 Å². The number of urea groups is 1. The maximum atomic E-state index is 11.9. The quantitative estimate of drug-likeness (QED) is 0.800. The van der Waals surface area contributed by atoms with Gasteiger partial charge in [0.25, 0.3) is 0 Å². The molecule has 1 aromatic rings. The van der Waals surface area contributed by atoms with Gasteiger partial charge in [-0.1, -0.05) is 11.6 Å². The summed E-state index contributed by atoms with van der Waals surface area (Å²) in [5.74, 6) is -1.14. The molecule has 0 radical (unpaired) electrons. The predicted octanol–water partition coefficient (Wildman–Crippen LogP) is 2.73. The van der Waals surface area contributed by atoms with Crippen molar-refractivity contribution in [3.63, 3.8) is 0 Å². The number of ether oxygens (including phenoxy) is 1. The molecule has 1 fully saturated rings. The molecule has 7 heteroatoms. The highest BCUT2D eigenvalue weighted by atomic mass is 35.5. The van der Waals surface area contributed by atoms with Crippen molar-refractivity contribution in [1.82, 2.24) is 5.32 Å². The minimum absolute atomic E-state index is 0.0471. The van der Waals surface area contributed by atoms with Crippen molar-refractivity contribution < 1.29 is 19.4 Å². The van der Waals surface area contributed by atoms with E-state index in [1.54, 1.807) is 6.07 Å². The van der Waals surface area contributed by atoms with E-state index in [-0.39, 0.29) is 28.8 Å². The lowest BCUT2D eigenvalue weighted by molar-refractivity contribution is 0.0157. The first-order valence-electron chi connectivity index (χ1n) is 6.67. The molecule has 0 aromatic heterocycles. The highest BCUT2D eigenvalue weighted by Gasteiger charge is 2.21. The second-order valence-electron chi connectivity index (χ2n) is 5.00. The third kappa shape index (κ3) is 4.34. The molecule has 0 spiro atoms. The third-order valence-electron chi connectivity index (χ3n) is 3.27. The van der Waals surface area contributed by atoms with Crippen molar-refractivity contribution >= 4 is 29.3 Å². The van der Waals surface area contributed by atoms with Gasteiger partial charge < -0.3 is 20.5 Å². The van der Waals surface area contributed by atoms with Gasteiger partial charge in [0.1, 0.15) is 0 Å². The van der Waals surface area contributed by atoms with Gasteiger partial charge in [0.05, 0.1) is 16.7 Å². The Labute approximate surface area is 127 Å². The fourth-order valence-corrected chi connectivity index (χ4v) is 2.45. The molecule has 2 unspecified atom stereocenters. The summed E-state index contributed by atoms with van der Waals surface area (Å²) in [6, 6.07) is 4.02. The van der Waals surface area contributed by atoms with E-state index in [4.69, 9.17) is 21.4 Å². The number of aromatic carboxylic acids is 1. The van der Waals surface area contributed by atoms with Crippen LogP contribution in [0.3, 0.4) is 0 Å². The van der Waals surface area contributed by atoms with Gasteiger partial charge in [-0.05, 0) is 38.0 Å². The number of carboxylic acids is 1. The molecule has 0 saturated carbocycles. The number of carboxylic acid groups (broad SMARTS) is 1. The van der Waals surface area contributed by atoms with Gasteiger partial charge in [0, 0.05) is 18.3 Å². The van der Waals surface area contributed by atoms with Crippen LogP contribution in [0.15, 0.2) is 18.2 Å². The SMILES string of the molecule is CC1CC(NC(=O)Nc2ccc(Cl)c(C(=O)O)c2)CCO1. The summed E-state index contributed by atoms with van der Waals surface area (Å²) in [6.45, 7) is 2.58. The van der Waals surface area contributed by atoms with Crippen molar-refractivity contribution in [3.8, 4) is 0 Å². The molecule has 2 amide bonds. The first-order valence-corrected chi connectivity index (χ1v) is 7.05. The van der Waals surface area contributed by atoms with Gasteiger partial charge in [-0.2, -0.15) is 0 Å². The predicted molar refractivity (Wildman–Crippen MR) is 79.0 cm³/mol. The third-order valence-corrected chi connectivity index (χ3v) is 3.60. The summed E-state index contributed by atoms with van der Waals surface area (Å²) < 4.78 is 5.41. The van der Waals surface area contributed by atoms with Crippen molar-refractivity contribution in [2.45, 2.75) is 31.9 Å². The molecule has 1 saturated heterocycles. The number of nitrogens with one attached hydrogen (secondary N) is 2. The second kappa shape index (κ2) is 6.78. The van der Waals surface area contributed by atoms with Crippen LogP contribution >= 0.6 is 11.6 Å². The molecule has 1 aliphatic heterocycles. The Balaban J connectivity index is 1.96. The van der Waals surface area contributed by atoms with Gasteiger partial charge in [-0.25, -0.2) is 9.59 Å². The smallest absolute Gasteiger partial charge is 0.337 e. The van der Waals surface area contributed by atoms with E-state index in [0.29, 0.717) is 12.3 Å². The van der Waals surface area contributed by atoms with Crippen LogP contribution in [0.4, 0.5) is 10.5 Å². The van der Waals surface area contributed by atoms with Crippen LogP contribution in [0.5, 0.6) is 0 Å². The summed E-state index contributed by atoms with van der Waals surface area (Å²) in [6.07, 6.45) is 1.64. The highest BCUT2D eigenvalue weighted by molar-refractivity contribution is 6.33. The standard InChI is InChI=1S/C14H17ClN2O4/c1-8-6-10(4-5-21-8)17-14(20)16-9-2-3-12(15)11(7-9)13(18)19/h2-3,7-8,10H,4-6H2,1H3,(H,18,19)(H2,16,17,20). The largest absolute Gasteiger partial charge is 0.478 e. The van der Waals surface area contributed by atoms with E-state index >= 15 is 0 Å². The Morgan fingerprint density at radius 2 is 2.19 bits per heavy atom. The molecule has 6 nitrogen and oxygen atoms in total. The van der Waals surface area contributed by atoms with Gasteiger partial charge >= 0.3 is 12.0 Å². The Bertz CT molecular complexity index is 550. The summed E-state index contributed by atoms with van der Waals surface area (Å²) >= 11 is 5.78. The highest BCUT2D eigenvalue weighted by Crippen LogP contribution is 2.20. The maximum Gasteiger partial charge on any atom is 0.337 e. The second-order valence-corrected chi connectivity index (χ2v) is 5.41. The average Bonchev–Trinajstić information content (AvgIpc) is 2.40. The van der Waals surface area contributed by atoms with E-state index in [1.165, 1.54) is 12.1 Å². The summed E-state index contributed by atoms with van der Waals surface area (Å²) in [7, 11) is 0. The zero-order valence-electron chi connectivity index (χ0n) is 11.6. The van der Waals surface area contributed by atoms with Gasteiger partial charge in [-0.15, -0.1) is 0 Å². The number of hydrogen-bond acceptors (Lipinski definition) is 3. The van der Waals surface area contributed by atoms with Crippen LogP contribution in [-0.2, 0) is 4.74 Å². The van der Waals surface area contributed by atoms with Crippen LogP contribution in [0.1, 0.15) is 30.1 Å². The zero-order chi connectivity index (χ0) is 15.4. The van der Waals surface area contributed by atoms with Crippen molar-refractivity contribution in [2.75, 3.05) is 11.9 Å². The molecule has 2 atom stereocenters. The summed E-state index contributed by atoms with van der Waals surface area (Å²) in [5, 5.41) is 14.6. The summed E-state index contributed by atoms with van der Waals surface area (Å²) in [5.41, 5.74) is 0.337. The topological polar surface area (TPSA) is 87.7 Å². The Morgan fingerprint density at radius 1 is 1.43 bits per heavy atom. The zero-order valence-corrected chi connectivity index (χ0v) is 12.3. The average molecular weight is 313 g/mol. The number of hydrogen-bond donors (Lipinski definition) is 3. The number of carbonyl (C=O) groups is 2. The molecule has 2 rings (SSSR count). The Hall–Kier alpha value is -1.79. The van der Waals surface area contributed by atoms with Crippen LogP contribution in [0.25, 0.3) is 0 Å². The number of rotatable bonds is 3. The lowest BCUT2D eigenvalue weighted by Gasteiger charge is -2.27. The molecule has 1 heterocycles. The van der Waals surface area contributed by atoms with E-state index in [0.717, 1.165) is 12.8 Å². The molecule has 21 heavy (non-hydrogen) atoms. The van der Waals surface area contributed by atoms with Crippen LogP contribution in [-0.4, -0.2) is 35.9 Å². The molecule has 3 N–H and O–H groups in total. The number of carbonyl (C=O) groups excluding carboxylic acids is 1. The van der Waals surface area contributed by atoms with E-state index in [1.807, 2.05) is 6.92 Å². The first kappa shape index (κ1) is 15.6. The van der Waals surface area contributed by atoms with Crippen LogP contribution < -0.4 is 10.6 Å². The van der Waals surface area contributed by atoms with Gasteiger partial charge in [-0.3, -0.25) is 0 Å². The van der Waals surface area contributed by atoms with E-state index < -0.39 is 5.97 Å². The first-order chi connectivity index (χ1) is 9.95. The molecular formula is C14H17ClN2O4. The number of benzene rings is 1. The fraction of sp³-hybridized carbons (Fsp3) is 0.429. The van der Waals surface area contributed by atoms with Crippen molar-refractivity contribution in [1.29, 1.82) is 0 Å². The molecule has 0 bridgehead atoms. The normalized spacial score (nSPS) is 21.6. The number of amides is 2. The minimum Gasteiger partial charge on any atom is -0.478 e. The molecule has 0 aliphatic carbocycles. The Morgan fingerprint density at radius 3 is 2.86 bits per heavy atom. The maximum absolute atomic E-state index is 11.9. The Kier molecular flexibility index (Phi) is 5.03. The fourth-order valence-electron chi connectivity index (χ4n) is 2.25. The number of anilines is 1. The van der Waals surface area contributed by atoms with Crippen molar-refractivity contribution in [3.05, 3.63) is 28.8 Å². The molecule has 114 valence electrons. The summed E-state index contributed by atoms with van der Waals surface area (Å²) in [4.78, 5) is 22.9. The monoisotopic (exact) mass is 312 g/mol.